The predicted octanol–water partition coefficient (Wildman–Crippen LogP) is 4.77. The number of anilines is 1. The number of methoxy groups -OCH3 is 1. The van der Waals surface area contributed by atoms with E-state index in [1.54, 1.807) is 12.1 Å². The van der Waals surface area contributed by atoms with Gasteiger partial charge in [-0.2, -0.15) is 4.31 Å². The molecule has 0 spiro atoms. The van der Waals surface area contributed by atoms with Crippen LogP contribution in [0.5, 0.6) is 11.5 Å². The van der Waals surface area contributed by atoms with Crippen molar-refractivity contribution in [1.82, 2.24) is 0 Å². The molecule has 8 heteroatoms. The fourth-order valence-electron chi connectivity index (χ4n) is 3.07. The third kappa shape index (κ3) is 5.00. The monoisotopic (exact) mass is 459 g/mol. The number of rotatable bonds is 7. The Bertz CT molecular complexity index is 1160. The van der Waals surface area contributed by atoms with Crippen molar-refractivity contribution in [3.05, 3.63) is 82.9 Å². The molecule has 0 fully saturated rings. The normalized spacial score (nSPS) is 11.1. The van der Waals surface area contributed by atoms with Gasteiger partial charge in [-0.05, 0) is 73.5 Å². The van der Waals surface area contributed by atoms with E-state index in [9.17, 15) is 13.2 Å². The molecule has 0 bridgehead atoms. The van der Waals surface area contributed by atoms with Gasteiger partial charge in [0.25, 0.3) is 15.9 Å². The Balaban J connectivity index is 1.98. The molecule has 1 amide bonds. The fraction of sp³-hybridized carbons (Fsp3) is 0.174. The van der Waals surface area contributed by atoms with Crippen LogP contribution in [-0.2, 0) is 14.8 Å². The van der Waals surface area contributed by atoms with Crippen LogP contribution in [0.4, 0.5) is 5.69 Å². The summed E-state index contributed by atoms with van der Waals surface area (Å²) < 4.78 is 38.3. The Morgan fingerprint density at radius 1 is 0.935 bits per heavy atom. The second-order valence-corrected chi connectivity index (χ2v) is 9.05. The number of sulfonamides is 1. The highest BCUT2D eigenvalue weighted by Crippen LogP contribution is 2.28. The molecule has 0 radical (unpaired) electrons. The lowest BCUT2D eigenvalue weighted by atomic mass is 10.1. The maximum Gasteiger partial charge on any atom is 0.278 e. The Labute approximate surface area is 187 Å². The van der Waals surface area contributed by atoms with Crippen molar-refractivity contribution in [2.45, 2.75) is 18.7 Å². The van der Waals surface area contributed by atoms with Gasteiger partial charge in [0, 0.05) is 5.02 Å². The van der Waals surface area contributed by atoms with Gasteiger partial charge in [-0.25, -0.2) is 8.42 Å². The quantitative estimate of drug-likeness (QED) is 0.509. The molecule has 0 atom stereocenters. The number of benzene rings is 3. The lowest BCUT2D eigenvalue weighted by Crippen LogP contribution is -2.40. The highest BCUT2D eigenvalue weighted by Gasteiger charge is 2.31. The van der Waals surface area contributed by atoms with Crippen molar-refractivity contribution >= 4 is 33.2 Å². The summed E-state index contributed by atoms with van der Waals surface area (Å²) in [6, 6.07) is 17.4. The molecule has 0 aliphatic rings. The molecule has 0 aliphatic heterocycles. The number of carbonyl (C=O) groups is 1. The maximum absolute atomic E-state index is 13.4. The van der Waals surface area contributed by atoms with Crippen LogP contribution in [0.15, 0.2) is 71.6 Å². The minimum atomic E-state index is -4.21. The fourth-order valence-corrected chi connectivity index (χ4v) is 4.60. The van der Waals surface area contributed by atoms with Crippen LogP contribution >= 0.6 is 11.6 Å². The molecule has 6 nitrogen and oxygen atoms in total. The zero-order chi connectivity index (χ0) is 22.6. The molecule has 0 N–H and O–H groups in total. The molecule has 0 heterocycles. The van der Waals surface area contributed by atoms with Crippen molar-refractivity contribution in [1.29, 1.82) is 0 Å². The van der Waals surface area contributed by atoms with Crippen molar-refractivity contribution in [3.8, 4) is 11.5 Å². The average molecular weight is 460 g/mol. The molecule has 0 saturated heterocycles. The van der Waals surface area contributed by atoms with E-state index in [1.807, 2.05) is 32.0 Å². The molecule has 3 aromatic rings. The Hall–Kier alpha value is -3.03. The van der Waals surface area contributed by atoms with Crippen molar-refractivity contribution in [3.63, 3.8) is 0 Å². The van der Waals surface area contributed by atoms with Crippen LogP contribution < -0.4 is 13.8 Å². The first-order valence-electron chi connectivity index (χ1n) is 9.41. The summed E-state index contributed by atoms with van der Waals surface area (Å²) >= 11 is 5.89. The third-order valence-electron chi connectivity index (χ3n) is 4.63. The van der Waals surface area contributed by atoms with Gasteiger partial charge in [0.15, 0.2) is 6.61 Å². The SMILES string of the molecule is COc1ccc(N(C(=O)COc2c(C)cccc2C)S(=O)(=O)c2ccc(Cl)cc2)cc1. The smallest absolute Gasteiger partial charge is 0.278 e. The summed E-state index contributed by atoms with van der Waals surface area (Å²) in [6.45, 7) is 3.27. The van der Waals surface area contributed by atoms with E-state index in [0.29, 0.717) is 16.5 Å². The van der Waals surface area contributed by atoms with Crippen molar-refractivity contribution < 1.29 is 22.7 Å². The van der Waals surface area contributed by atoms with Crippen molar-refractivity contribution in [2.75, 3.05) is 18.0 Å². The standard InChI is InChI=1S/C23H22ClNO5S/c1-16-5-4-6-17(2)23(16)30-15-22(26)25(19-9-11-20(29-3)12-10-19)31(27,28)21-13-7-18(24)8-14-21/h4-14H,15H2,1-3H3. The van der Waals surface area contributed by atoms with Crippen molar-refractivity contribution in [2.24, 2.45) is 0 Å². The Morgan fingerprint density at radius 3 is 2.06 bits per heavy atom. The lowest BCUT2D eigenvalue weighted by Gasteiger charge is -2.23. The van der Waals surface area contributed by atoms with Gasteiger partial charge in [0.2, 0.25) is 0 Å². The van der Waals surface area contributed by atoms with Crippen LogP contribution in [0.2, 0.25) is 5.02 Å². The van der Waals surface area contributed by atoms with Crippen LogP contribution in [0.25, 0.3) is 0 Å². The largest absolute Gasteiger partial charge is 0.497 e. The first kappa shape index (κ1) is 22.7. The second kappa shape index (κ2) is 9.41. The molecule has 0 saturated carbocycles. The van der Waals surface area contributed by atoms with Crippen LogP contribution in [0.3, 0.4) is 0 Å². The van der Waals surface area contributed by atoms with E-state index in [-0.39, 0.29) is 10.6 Å². The highest BCUT2D eigenvalue weighted by atomic mass is 35.5. The van der Waals surface area contributed by atoms with E-state index < -0.39 is 22.5 Å². The van der Waals surface area contributed by atoms with E-state index >= 15 is 0 Å². The number of halogens is 1. The number of nitrogens with zero attached hydrogens (tertiary/aromatic N) is 1. The van der Waals surface area contributed by atoms with Gasteiger partial charge >= 0.3 is 0 Å². The van der Waals surface area contributed by atoms with E-state index in [4.69, 9.17) is 21.1 Å². The number of hydrogen-bond donors (Lipinski definition) is 0. The zero-order valence-electron chi connectivity index (χ0n) is 17.3. The number of carbonyl (C=O) groups excluding carboxylic acids is 1. The molecule has 0 aliphatic carbocycles. The summed E-state index contributed by atoms with van der Waals surface area (Å²) in [5.41, 5.74) is 1.87. The topological polar surface area (TPSA) is 72.9 Å². The molecule has 0 aromatic heterocycles. The molecule has 162 valence electrons. The average Bonchev–Trinajstić information content (AvgIpc) is 2.74. The van der Waals surface area contributed by atoms with Gasteiger partial charge in [0.05, 0.1) is 17.7 Å². The summed E-state index contributed by atoms with van der Waals surface area (Å²) in [6.07, 6.45) is 0. The summed E-state index contributed by atoms with van der Waals surface area (Å²) in [4.78, 5) is 13.1. The summed E-state index contributed by atoms with van der Waals surface area (Å²) in [5.74, 6) is 0.351. The minimum Gasteiger partial charge on any atom is -0.497 e. The zero-order valence-corrected chi connectivity index (χ0v) is 18.9. The number of para-hydroxylation sites is 1. The predicted molar refractivity (Wildman–Crippen MR) is 121 cm³/mol. The van der Waals surface area contributed by atoms with Crippen LogP contribution in [0.1, 0.15) is 11.1 Å². The number of aryl methyl sites for hydroxylation is 2. The lowest BCUT2D eigenvalue weighted by molar-refractivity contribution is -0.119. The van der Waals surface area contributed by atoms with E-state index in [0.717, 1.165) is 15.4 Å². The van der Waals surface area contributed by atoms with Gasteiger partial charge in [0.1, 0.15) is 11.5 Å². The molecule has 3 aromatic carbocycles. The summed E-state index contributed by atoms with van der Waals surface area (Å²) in [7, 11) is -2.71. The Kier molecular flexibility index (Phi) is 6.87. The third-order valence-corrected chi connectivity index (χ3v) is 6.65. The molecule has 31 heavy (non-hydrogen) atoms. The molecule has 3 rings (SSSR count). The van der Waals surface area contributed by atoms with Crippen LogP contribution in [0, 0.1) is 13.8 Å². The van der Waals surface area contributed by atoms with Gasteiger partial charge in [-0.1, -0.05) is 29.8 Å². The molecular formula is C23H22ClNO5S. The summed E-state index contributed by atoms with van der Waals surface area (Å²) in [5, 5.41) is 0.389. The highest BCUT2D eigenvalue weighted by molar-refractivity contribution is 7.93. The maximum atomic E-state index is 13.4. The molecular weight excluding hydrogens is 438 g/mol. The van der Waals surface area contributed by atoms with Gasteiger partial charge < -0.3 is 9.47 Å². The first-order chi connectivity index (χ1) is 14.7. The van der Waals surface area contributed by atoms with Gasteiger partial charge in [-0.3, -0.25) is 4.79 Å². The van der Waals surface area contributed by atoms with E-state index in [1.165, 1.54) is 43.5 Å². The van der Waals surface area contributed by atoms with Crippen LogP contribution in [-0.4, -0.2) is 28.0 Å². The van der Waals surface area contributed by atoms with E-state index in [2.05, 4.69) is 0 Å². The minimum absolute atomic E-state index is 0.0619. The molecule has 0 unspecified atom stereocenters. The number of hydrogen-bond acceptors (Lipinski definition) is 5. The second-order valence-electron chi connectivity index (χ2n) is 6.82. The Morgan fingerprint density at radius 2 is 1.52 bits per heavy atom. The number of amides is 1. The first-order valence-corrected chi connectivity index (χ1v) is 11.2. The number of ether oxygens (including phenoxy) is 2. The van der Waals surface area contributed by atoms with Gasteiger partial charge in [-0.15, -0.1) is 0 Å².